The highest BCUT2D eigenvalue weighted by atomic mass is 16.1. The van der Waals surface area contributed by atoms with Crippen LogP contribution in [0.1, 0.15) is 32.9 Å². The van der Waals surface area contributed by atoms with Gasteiger partial charge in [-0.25, -0.2) is 0 Å². The first-order valence-electron chi connectivity index (χ1n) is 6.85. The lowest BCUT2D eigenvalue weighted by molar-refractivity contribution is -0.125. The number of hydrogen-bond acceptors (Lipinski definition) is 3. The zero-order valence-corrected chi connectivity index (χ0v) is 12.4. The fourth-order valence-electron chi connectivity index (χ4n) is 1.97. The van der Waals surface area contributed by atoms with Crippen LogP contribution in [-0.4, -0.2) is 31.0 Å². The monoisotopic (exact) mass is 263 g/mol. The Bertz CT molecular complexity index is 390. The molecular formula is C15H25N3O. The molecule has 19 heavy (non-hydrogen) atoms. The fourth-order valence-corrected chi connectivity index (χ4v) is 1.97. The molecule has 1 unspecified atom stereocenters. The molecule has 0 bridgehead atoms. The Morgan fingerprint density at radius 2 is 2.16 bits per heavy atom. The molecule has 0 fully saturated rings. The summed E-state index contributed by atoms with van der Waals surface area (Å²) in [6.45, 7) is 7.53. The lowest BCUT2D eigenvalue weighted by atomic mass is 9.88. The van der Waals surface area contributed by atoms with E-state index in [-0.39, 0.29) is 17.2 Å². The molecule has 1 heterocycles. The standard InChI is InChI=1S/C15H25N3O/c1-5-12(10-16-4)14(19)18-11-15(2,3)13-8-6-7-9-17-13/h6-9,12,16H,5,10-11H2,1-4H3,(H,18,19). The van der Waals surface area contributed by atoms with Gasteiger partial charge >= 0.3 is 0 Å². The second-order valence-corrected chi connectivity index (χ2v) is 5.48. The predicted octanol–water partition coefficient (Wildman–Crippen LogP) is 1.72. The van der Waals surface area contributed by atoms with Crippen molar-refractivity contribution in [3.05, 3.63) is 30.1 Å². The van der Waals surface area contributed by atoms with Gasteiger partial charge in [0.1, 0.15) is 0 Å². The Hall–Kier alpha value is -1.42. The van der Waals surface area contributed by atoms with E-state index in [0.29, 0.717) is 13.1 Å². The number of hydrogen-bond donors (Lipinski definition) is 2. The Balaban J connectivity index is 2.58. The van der Waals surface area contributed by atoms with Crippen LogP contribution in [0.2, 0.25) is 0 Å². The average Bonchev–Trinajstić information content (AvgIpc) is 2.43. The van der Waals surface area contributed by atoms with Crippen LogP contribution in [0.3, 0.4) is 0 Å². The number of nitrogens with one attached hydrogen (secondary N) is 2. The van der Waals surface area contributed by atoms with E-state index in [2.05, 4.69) is 29.5 Å². The van der Waals surface area contributed by atoms with Crippen molar-refractivity contribution in [3.8, 4) is 0 Å². The van der Waals surface area contributed by atoms with Gasteiger partial charge in [0, 0.05) is 30.4 Å². The molecule has 1 rings (SSSR count). The largest absolute Gasteiger partial charge is 0.355 e. The minimum Gasteiger partial charge on any atom is -0.355 e. The second kappa shape index (κ2) is 7.24. The number of aromatic nitrogens is 1. The highest BCUT2D eigenvalue weighted by Crippen LogP contribution is 2.19. The summed E-state index contributed by atoms with van der Waals surface area (Å²) in [5, 5.41) is 6.09. The van der Waals surface area contributed by atoms with E-state index in [1.165, 1.54) is 0 Å². The lowest BCUT2D eigenvalue weighted by Gasteiger charge is -2.25. The summed E-state index contributed by atoms with van der Waals surface area (Å²) in [6, 6.07) is 5.87. The van der Waals surface area contributed by atoms with Gasteiger partial charge in [-0.05, 0) is 25.6 Å². The summed E-state index contributed by atoms with van der Waals surface area (Å²) < 4.78 is 0. The maximum absolute atomic E-state index is 12.1. The first kappa shape index (κ1) is 15.6. The molecule has 1 aromatic heterocycles. The molecule has 2 N–H and O–H groups in total. The van der Waals surface area contributed by atoms with Crippen LogP contribution in [0.5, 0.6) is 0 Å². The van der Waals surface area contributed by atoms with Crippen LogP contribution < -0.4 is 10.6 Å². The van der Waals surface area contributed by atoms with Gasteiger partial charge in [-0.3, -0.25) is 9.78 Å². The van der Waals surface area contributed by atoms with Gasteiger partial charge in [-0.2, -0.15) is 0 Å². The number of amides is 1. The molecule has 1 amide bonds. The van der Waals surface area contributed by atoms with Crippen molar-refractivity contribution in [1.29, 1.82) is 0 Å². The van der Waals surface area contributed by atoms with Crippen LogP contribution >= 0.6 is 0 Å². The number of carbonyl (C=O) groups excluding carboxylic acids is 1. The van der Waals surface area contributed by atoms with Gasteiger partial charge in [0.15, 0.2) is 0 Å². The topological polar surface area (TPSA) is 54.0 Å². The van der Waals surface area contributed by atoms with Crippen molar-refractivity contribution in [2.75, 3.05) is 20.1 Å². The molecule has 1 aromatic rings. The fraction of sp³-hybridized carbons (Fsp3) is 0.600. The molecule has 1 atom stereocenters. The van der Waals surface area contributed by atoms with Crippen LogP contribution in [0.25, 0.3) is 0 Å². The van der Waals surface area contributed by atoms with Gasteiger partial charge < -0.3 is 10.6 Å². The minimum atomic E-state index is -0.158. The first-order valence-corrected chi connectivity index (χ1v) is 6.85. The Kier molecular flexibility index (Phi) is 5.96. The highest BCUT2D eigenvalue weighted by Gasteiger charge is 2.24. The number of pyridine rings is 1. The third-order valence-corrected chi connectivity index (χ3v) is 3.38. The van der Waals surface area contributed by atoms with Crippen LogP contribution in [0, 0.1) is 5.92 Å². The van der Waals surface area contributed by atoms with Gasteiger partial charge in [0.25, 0.3) is 0 Å². The Labute approximate surface area is 116 Å². The minimum absolute atomic E-state index is 0.0320. The van der Waals surface area contributed by atoms with E-state index in [1.807, 2.05) is 32.2 Å². The quantitative estimate of drug-likeness (QED) is 0.787. The van der Waals surface area contributed by atoms with Crippen molar-refractivity contribution in [2.24, 2.45) is 5.92 Å². The lowest BCUT2D eigenvalue weighted by Crippen LogP contribution is -2.42. The van der Waals surface area contributed by atoms with Crippen molar-refractivity contribution in [1.82, 2.24) is 15.6 Å². The molecule has 0 spiro atoms. The molecule has 0 saturated carbocycles. The molecule has 106 valence electrons. The van der Waals surface area contributed by atoms with Crippen LogP contribution in [0.4, 0.5) is 0 Å². The first-order chi connectivity index (χ1) is 9.01. The van der Waals surface area contributed by atoms with E-state index in [9.17, 15) is 4.79 Å². The smallest absolute Gasteiger partial charge is 0.224 e. The van der Waals surface area contributed by atoms with Gasteiger partial charge in [-0.1, -0.05) is 26.8 Å². The van der Waals surface area contributed by atoms with E-state index in [4.69, 9.17) is 0 Å². The van der Waals surface area contributed by atoms with Crippen molar-refractivity contribution in [3.63, 3.8) is 0 Å². The maximum Gasteiger partial charge on any atom is 0.224 e. The summed E-state index contributed by atoms with van der Waals surface area (Å²) in [4.78, 5) is 16.4. The summed E-state index contributed by atoms with van der Waals surface area (Å²) in [5.74, 6) is 0.144. The molecule has 4 nitrogen and oxygen atoms in total. The van der Waals surface area contributed by atoms with E-state index >= 15 is 0 Å². The second-order valence-electron chi connectivity index (χ2n) is 5.48. The summed E-state index contributed by atoms with van der Waals surface area (Å²) in [7, 11) is 1.87. The van der Waals surface area contributed by atoms with Crippen molar-refractivity contribution in [2.45, 2.75) is 32.6 Å². The summed E-state index contributed by atoms with van der Waals surface area (Å²) in [5.41, 5.74) is 0.839. The molecule has 0 aromatic carbocycles. The van der Waals surface area contributed by atoms with Crippen molar-refractivity contribution >= 4 is 5.91 Å². The SMILES string of the molecule is CCC(CNC)C(=O)NCC(C)(C)c1ccccn1. The molecule has 0 aliphatic heterocycles. The molecule has 0 saturated heterocycles. The third kappa shape index (κ3) is 4.63. The third-order valence-electron chi connectivity index (χ3n) is 3.38. The summed E-state index contributed by atoms with van der Waals surface area (Å²) in [6.07, 6.45) is 2.63. The molecule has 4 heteroatoms. The van der Waals surface area contributed by atoms with E-state index in [0.717, 1.165) is 12.1 Å². The van der Waals surface area contributed by atoms with Gasteiger partial charge in [-0.15, -0.1) is 0 Å². The van der Waals surface area contributed by atoms with E-state index in [1.54, 1.807) is 6.20 Å². The van der Waals surface area contributed by atoms with Crippen LogP contribution in [-0.2, 0) is 10.2 Å². The van der Waals surface area contributed by atoms with Crippen LogP contribution in [0.15, 0.2) is 24.4 Å². The Morgan fingerprint density at radius 3 is 2.68 bits per heavy atom. The predicted molar refractivity (Wildman–Crippen MR) is 78.0 cm³/mol. The van der Waals surface area contributed by atoms with Gasteiger partial charge in [0.05, 0.1) is 5.92 Å². The molecular weight excluding hydrogens is 238 g/mol. The number of nitrogens with zero attached hydrogens (tertiary/aromatic N) is 1. The Morgan fingerprint density at radius 1 is 1.42 bits per heavy atom. The van der Waals surface area contributed by atoms with Gasteiger partial charge in [0.2, 0.25) is 5.91 Å². The maximum atomic E-state index is 12.1. The summed E-state index contributed by atoms with van der Waals surface area (Å²) >= 11 is 0. The molecule has 0 aliphatic rings. The van der Waals surface area contributed by atoms with E-state index < -0.39 is 0 Å². The molecule has 0 aliphatic carbocycles. The normalized spacial score (nSPS) is 13.1. The molecule has 0 radical (unpaired) electrons. The average molecular weight is 263 g/mol. The zero-order valence-electron chi connectivity index (χ0n) is 12.4. The highest BCUT2D eigenvalue weighted by molar-refractivity contribution is 5.78. The zero-order chi connectivity index (χ0) is 14.3. The number of rotatable bonds is 7. The van der Waals surface area contributed by atoms with Crippen molar-refractivity contribution < 1.29 is 4.79 Å². The number of carbonyl (C=O) groups is 1.